The van der Waals surface area contributed by atoms with E-state index < -0.39 is 0 Å². The average Bonchev–Trinajstić information content (AvgIpc) is 2.73. The number of anilines is 1. The lowest BCUT2D eigenvalue weighted by Gasteiger charge is -2.16. The van der Waals surface area contributed by atoms with E-state index in [1.807, 2.05) is 38.1 Å². The molecule has 0 aliphatic carbocycles. The summed E-state index contributed by atoms with van der Waals surface area (Å²) in [5.41, 5.74) is 6.52. The highest BCUT2D eigenvalue weighted by atomic mass is 16.3. The van der Waals surface area contributed by atoms with Gasteiger partial charge in [-0.25, -0.2) is 15.0 Å². The number of aromatic hydroxyl groups is 2. The number of phenols is 2. The predicted octanol–water partition coefficient (Wildman–Crippen LogP) is 3.86. The van der Waals surface area contributed by atoms with E-state index >= 15 is 0 Å². The van der Waals surface area contributed by atoms with Gasteiger partial charge >= 0.3 is 0 Å². The van der Waals surface area contributed by atoms with Crippen LogP contribution in [-0.2, 0) is 0 Å². The molecule has 0 fully saturated rings. The Balaban J connectivity index is 1.83. The molecular weight excluding hydrogens is 380 g/mol. The minimum Gasteiger partial charge on any atom is -0.504 e. The lowest BCUT2D eigenvalue weighted by Crippen LogP contribution is -2.23. The quantitative estimate of drug-likeness (QED) is 0.274. The third kappa shape index (κ3) is 3.48. The Morgan fingerprint density at radius 3 is 2.60 bits per heavy atom. The maximum atomic E-state index is 13.3. The average molecular weight is 400 g/mol. The molecule has 4 rings (SSSR count). The van der Waals surface area contributed by atoms with E-state index in [4.69, 9.17) is 0 Å². The van der Waals surface area contributed by atoms with Gasteiger partial charge in [0.1, 0.15) is 0 Å². The molecule has 1 aromatic heterocycles. The monoisotopic (exact) mass is 400 g/mol. The van der Waals surface area contributed by atoms with Crippen molar-refractivity contribution >= 4 is 23.1 Å². The summed E-state index contributed by atoms with van der Waals surface area (Å²) in [5.74, 6) is -0.179. The molecule has 1 heterocycles. The zero-order chi connectivity index (χ0) is 21.3. The summed E-state index contributed by atoms with van der Waals surface area (Å²) < 4.78 is 1.51. The van der Waals surface area contributed by atoms with Crippen molar-refractivity contribution in [2.24, 2.45) is 5.10 Å². The van der Waals surface area contributed by atoms with E-state index in [-0.39, 0.29) is 23.0 Å². The minimum absolute atomic E-state index is 0.200. The number of nitrogens with one attached hydrogen (secondary N) is 1. The number of aromatic nitrogens is 2. The Kier molecular flexibility index (Phi) is 4.93. The summed E-state index contributed by atoms with van der Waals surface area (Å²) in [6.45, 7) is 3.94. The van der Waals surface area contributed by atoms with Gasteiger partial charge in [-0.3, -0.25) is 4.79 Å². The number of benzene rings is 3. The molecule has 7 nitrogen and oxygen atoms in total. The fourth-order valence-corrected chi connectivity index (χ4v) is 3.19. The van der Waals surface area contributed by atoms with Gasteiger partial charge in [-0.05, 0) is 66.9 Å². The first kappa shape index (κ1) is 19.2. The van der Waals surface area contributed by atoms with Gasteiger partial charge in [0.15, 0.2) is 11.5 Å². The molecule has 0 saturated carbocycles. The molecule has 3 aromatic carbocycles. The number of fused-ring (bicyclic) bond motifs is 1. The topological polar surface area (TPSA) is 99.7 Å². The summed E-state index contributed by atoms with van der Waals surface area (Å²) >= 11 is 0. The van der Waals surface area contributed by atoms with Crippen molar-refractivity contribution in [3.8, 4) is 17.2 Å². The predicted molar refractivity (Wildman–Crippen MR) is 118 cm³/mol. The first-order chi connectivity index (χ1) is 14.5. The van der Waals surface area contributed by atoms with E-state index in [0.29, 0.717) is 16.5 Å². The normalized spacial score (nSPS) is 11.3. The number of para-hydroxylation sites is 1. The second kappa shape index (κ2) is 7.71. The van der Waals surface area contributed by atoms with E-state index in [1.54, 1.807) is 24.3 Å². The van der Waals surface area contributed by atoms with Gasteiger partial charge in [-0.2, -0.15) is 5.10 Å². The molecule has 0 radical (unpaired) electrons. The van der Waals surface area contributed by atoms with Crippen LogP contribution >= 0.6 is 0 Å². The highest BCUT2D eigenvalue weighted by molar-refractivity contribution is 5.82. The Hall–Kier alpha value is -4.13. The van der Waals surface area contributed by atoms with Crippen LogP contribution < -0.4 is 11.0 Å². The molecule has 0 atom stereocenters. The third-order valence-corrected chi connectivity index (χ3v) is 4.97. The van der Waals surface area contributed by atoms with E-state index in [9.17, 15) is 15.0 Å². The molecule has 7 heteroatoms. The molecule has 0 bridgehead atoms. The van der Waals surface area contributed by atoms with Gasteiger partial charge in [0.25, 0.3) is 5.56 Å². The molecule has 4 aromatic rings. The highest BCUT2D eigenvalue weighted by Gasteiger charge is 2.14. The van der Waals surface area contributed by atoms with Crippen molar-refractivity contribution in [2.75, 3.05) is 5.43 Å². The fourth-order valence-electron chi connectivity index (χ4n) is 3.19. The van der Waals surface area contributed by atoms with Crippen molar-refractivity contribution in [2.45, 2.75) is 13.8 Å². The molecular formula is C23H20N4O3. The van der Waals surface area contributed by atoms with Crippen molar-refractivity contribution < 1.29 is 10.2 Å². The lowest BCUT2D eigenvalue weighted by molar-refractivity contribution is 0.403. The molecule has 0 amide bonds. The summed E-state index contributed by atoms with van der Waals surface area (Å²) in [6, 6.07) is 17.3. The Morgan fingerprint density at radius 1 is 1.00 bits per heavy atom. The van der Waals surface area contributed by atoms with Gasteiger partial charge in [0, 0.05) is 0 Å². The van der Waals surface area contributed by atoms with Gasteiger partial charge in [-0.15, -0.1) is 0 Å². The first-order valence-corrected chi connectivity index (χ1v) is 9.35. The second-order valence-electron chi connectivity index (χ2n) is 6.93. The first-order valence-electron chi connectivity index (χ1n) is 9.35. The van der Waals surface area contributed by atoms with Crippen LogP contribution in [0.5, 0.6) is 11.5 Å². The molecule has 0 saturated heterocycles. The number of hydrogen-bond donors (Lipinski definition) is 3. The highest BCUT2D eigenvalue weighted by Crippen LogP contribution is 2.24. The van der Waals surface area contributed by atoms with Gasteiger partial charge in [0.2, 0.25) is 5.95 Å². The van der Waals surface area contributed by atoms with Crippen molar-refractivity contribution in [3.63, 3.8) is 0 Å². The van der Waals surface area contributed by atoms with Crippen LogP contribution in [0.2, 0.25) is 0 Å². The summed E-state index contributed by atoms with van der Waals surface area (Å²) in [6.07, 6.45) is 1.47. The van der Waals surface area contributed by atoms with Crippen LogP contribution in [0.25, 0.3) is 16.6 Å². The SMILES string of the molecule is Cc1cccc(-n2c(N/N=C/c3ccc(O)c(O)c3)nc3ccccc3c2=O)c1C. The van der Waals surface area contributed by atoms with Crippen LogP contribution in [-0.4, -0.2) is 26.0 Å². The van der Waals surface area contributed by atoms with E-state index in [0.717, 1.165) is 16.8 Å². The smallest absolute Gasteiger partial charge is 0.267 e. The Bertz CT molecular complexity index is 1340. The van der Waals surface area contributed by atoms with Crippen LogP contribution in [0.4, 0.5) is 5.95 Å². The van der Waals surface area contributed by atoms with Crippen LogP contribution in [0.15, 0.2) is 70.6 Å². The third-order valence-electron chi connectivity index (χ3n) is 4.97. The number of aryl methyl sites for hydroxylation is 1. The molecule has 150 valence electrons. The van der Waals surface area contributed by atoms with Crippen LogP contribution in [0.3, 0.4) is 0 Å². The molecule has 30 heavy (non-hydrogen) atoms. The number of hydrogen-bond acceptors (Lipinski definition) is 6. The van der Waals surface area contributed by atoms with Crippen molar-refractivity contribution in [1.29, 1.82) is 0 Å². The summed E-state index contributed by atoms with van der Waals surface area (Å²) in [4.78, 5) is 17.9. The van der Waals surface area contributed by atoms with E-state index in [1.165, 1.54) is 22.9 Å². The largest absolute Gasteiger partial charge is 0.504 e. The number of phenolic OH excluding ortho intramolecular Hbond substituents is 2. The van der Waals surface area contributed by atoms with Crippen molar-refractivity contribution in [3.05, 3.63) is 87.7 Å². The summed E-state index contributed by atoms with van der Waals surface area (Å²) in [7, 11) is 0. The standard InChI is InChI=1S/C23H20N4O3/c1-14-6-5-9-19(15(14)2)27-22(30)17-7-3-4-8-18(17)25-23(27)26-24-13-16-10-11-20(28)21(29)12-16/h3-13,28-29H,1-2H3,(H,25,26)/b24-13+. The number of hydrazone groups is 1. The molecule has 0 aliphatic rings. The van der Waals surface area contributed by atoms with Gasteiger partial charge < -0.3 is 10.2 Å². The second-order valence-corrected chi connectivity index (χ2v) is 6.93. The minimum atomic E-state index is -0.241. The molecule has 0 aliphatic heterocycles. The van der Waals surface area contributed by atoms with Gasteiger partial charge in [-0.1, -0.05) is 24.3 Å². The zero-order valence-electron chi connectivity index (χ0n) is 16.5. The molecule has 3 N–H and O–H groups in total. The van der Waals surface area contributed by atoms with Crippen molar-refractivity contribution in [1.82, 2.24) is 9.55 Å². The van der Waals surface area contributed by atoms with Crippen LogP contribution in [0, 0.1) is 13.8 Å². The van der Waals surface area contributed by atoms with Crippen LogP contribution in [0.1, 0.15) is 16.7 Å². The number of rotatable bonds is 4. The summed E-state index contributed by atoms with van der Waals surface area (Å²) in [5, 5.41) is 23.8. The maximum Gasteiger partial charge on any atom is 0.267 e. The Labute approximate surface area is 172 Å². The van der Waals surface area contributed by atoms with E-state index in [2.05, 4.69) is 15.5 Å². The molecule has 0 unspecified atom stereocenters. The Morgan fingerprint density at radius 2 is 1.80 bits per heavy atom. The molecule has 0 spiro atoms. The van der Waals surface area contributed by atoms with Gasteiger partial charge in [0.05, 0.1) is 22.8 Å². The lowest BCUT2D eigenvalue weighted by atomic mass is 10.1. The zero-order valence-corrected chi connectivity index (χ0v) is 16.5. The maximum absolute atomic E-state index is 13.3. The fraction of sp³-hybridized carbons (Fsp3) is 0.0870. The number of nitrogens with zero attached hydrogens (tertiary/aromatic N) is 3.